The van der Waals surface area contributed by atoms with Crippen LogP contribution in [0.3, 0.4) is 0 Å². The van der Waals surface area contributed by atoms with Crippen molar-refractivity contribution in [3.05, 3.63) is 23.8 Å². The third-order valence-electron chi connectivity index (χ3n) is 2.67. The second-order valence-corrected chi connectivity index (χ2v) is 3.81. The Hall–Kier alpha value is -1.71. The van der Waals surface area contributed by atoms with Gasteiger partial charge in [0.05, 0.1) is 0 Å². The number of likely N-dealkylation sites (N-methyl/N-ethyl adjacent to an activating group) is 1. The smallest absolute Gasteiger partial charge is 0.257 e. The third kappa shape index (κ3) is 2.45. The van der Waals surface area contributed by atoms with Crippen LogP contribution in [0.4, 0.5) is 5.69 Å². The Labute approximate surface area is 95.0 Å². The first-order valence-electron chi connectivity index (χ1n) is 5.50. The molecule has 1 aliphatic heterocycles. The molecule has 1 aromatic carbocycles. The van der Waals surface area contributed by atoms with Gasteiger partial charge < -0.3 is 15.4 Å². The van der Waals surface area contributed by atoms with Crippen LogP contribution in [-0.4, -0.2) is 26.1 Å². The Morgan fingerprint density at radius 1 is 1.56 bits per heavy atom. The van der Waals surface area contributed by atoms with E-state index in [2.05, 4.69) is 16.7 Å². The van der Waals surface area contributed by atoms with Crippen LogP contribution in [0.15, 0.2) is 18.2 Å². The Balaban J connectivity index is 2.03. The Bertz CT molecular complexity index is 391. The van der Waals surface area contributed by atoms with Gasteiger partial charge in [-0.2, -0.15) is 0 Å². The van der Waals surface area contributed by atoms with E-state index in [0.717, 1.165) is 24.4 Å². The molecule has 2 N–H and O–H groups in total. The molecule has 1 heterocycles. The van der Waals surface area contributed by atoms with Crippen LogP contribution in [0.1, 0.15) is 12.0 Å². The van der Waals surface area contributed by atoms with Crippen LogP contribution >= 0.6 is 0 Å². The van der Waals surface area contributed by atoms with Crippen LogP contribution in [0.25, 0.3) is 0 Å². The summed E-state index contributed by atoms with van der Waals surface area (Å²) in [7, 11) is 1.60. The zero-order valence-electron chi connectivity index (χ0n) is 9.38. The molecule has 0 bridgehead atoms. The zero-order chi connectivity index (χ0) is 11.4. The standard InChI is InChI=1S/C12H16N2O2/c1-13-12(15)8-16-10-5-4-9-3-2-6-14-11(9)7-10/h4-5,7,14H,2-3,6,8H2,1H3,(H,13,15). The third-order valence-corrected chi connectivity index (χ3v) is 2.67. The fraction of sp³-hybridized carbons (Fsp3) is 0.417. The van der Waals surface area contributed by atoms with Gasteiger partial charge in [0.25, 0.3) is 5.91 Å². The van der Waals surface area contributed by atoms with Crippen LogP contribution in [0.2, 0.25) is 0 Å². The second kappa shape index (κ2) is 4.88. The summed E-state index contributed by atoms with van der Waals surface area (Å²) >= 11 is 0. The molecule has 0 fully saturated rings. The number of anilines is 1. The second-order valence-electron chi connectivity index (χ2n) is 3.81. The number of fused-ring (bicyclic) bond motifs is 1. The molecule has 1 amide bonds. The van der Waals surface area contributed by atoms with Crippen molar-refractivity contribution in [1.82, 2.24) is 5.32 Å². The van der Waals surface area contributed by atoms with Gasteiger partial charge in [-0.1, -0.05) is 6.07 Å². The summed E-state index contributed by atoms with van der Waals surface area (Å²) in [6.45, 7) is 1.07. The first-order chi connectivity index (χ1) is 7.79. The Kier molecular flexibility index (Phi) is 3.29. The van der Waals surface area contributed by atoms with Crippen LogP contribution in [0.5, 0.6) is 5.75 Å². The topological polar surface area (TPSA) is 50.4 Å². The summed E-state index contributed by atoms with van der Waals surface area (Å²) in [5.74, 6) is 0.613. The highest BCUT2D eigenvalue weighted by Crippen LogP contribution is 2.26. The number of carbonyl (C=O) groups excluding carboxylic acids is 1. The van der Waals surface area contributed by atoms with Crippen LogP contribution < -0.4 is 15.4 Å². The van der Waals surface area contributed by atoms with Gasteiger partial charge in [-0.05, 0) is 24.5 Å². The molecule has 4 nitrogen and oxygen atoms in total. The lowest BCUT2D eigenvalue weighted by atomic mass is 10.0. The van der Waals surface area contributed by atoms with Crippen molar-refractivity contribution in [2.45, 2.75) is 12.8 Å². The Morgan fingerprint density at radius 3 is 3.25 bits per heavy atom. The van der Waals surface area contributed by atoms with E-state index in [1.165, 1.54) is 12.0 Å². The molecular weight excluding hydrogens is 204 g/mol. The first-order valence-corrected chi connectivity index (χ1v) is 5.50. The molecule has 0 saturated carbocycles. The quantitative estimate of drug-likeness (QED) is 0.804. The van der Waals surface area contributed by atoms with Crippen molar-refractivity contribution in [2.75, 3.05) is 25.5 Å². The number of carbonyl (C=O) groups is 1. The molecule has 0 radical (unpaired) electrons. The molecular formula is C12H16N2O2. The molecule has 1 aromatic rings. The molecule has 0 unspecified atom stereocenters. The average Bonchev–Trinajstić information content (AvgIpc) is 2.35. The van der Waals surface area contributed by atoms with Crippen molar-refractivity contribution < 1.29 is 9.53 Å². The minimum atomic E-state index is -0.120. The minimum Gasteiger partial charge on any atom is -0.484 e. The molecule has 0 spiro atoms. The van der Waals surface area contributed by atoms with E-state index in [-0.39, 0.29) is 12.5 Å². The Morgan fingerprint density at radius 2 is 2.44 bits per heavy atom. The lowest BCUT2D eigenvalue weighted by molar-refractivity contribution is -0.122. The van der Waals surface area contributed by atoms with Crippen LogP contribution in [0, 0.1) is 0 Å². The van der Waals surface area contributed by atoms with Crippen molar-refractivity contribution >= 4 is 11.6 Å². The number of nitrogens with one attached hydrogen (secondary N) is 2. The molecule has 0 saturated heterocycles. The summed E-state index contributed by atoms with van der Waals surface area (Å²) in [6, 6.07) is 5.92. The number of hydrogen-bond acceptors (Lipinski definition) is 3. The lowest BCUT2D eigenvalue weighted by Gasteiger charge is -2.18. The maximum absolute atomic E-state index is 11.0. The molecule has 0 atom stereocenters. The largest absolute Gasteiger partial charge is 0.484 e. The van der Waals surface area contributed by atoms with Crippen molar-refractivity contribution in [1.29, 1.82) is 0 Å². The predicted molar refractivity (Wildman–Crippen MR) is 62.8 cm³/mol. The molecule has 2 rings (SSSR count). The molecule has 86 valence electrons. The number of rotatable bonds is 3. The number of aryl methyl sites for hydroxylation is 1. The molecule has 16 heavy (non-hydrogen) atoms. The number of hydrogen-bond donors (Lipinski definition) is 2. The van der Waals surface area contributed by atoms with Crippen molar-refractivity contribution in [2.24, 2.45) is 0 Å². The minimum absolute atomic E-state index is 0.0648. The number of ether oxygens (including phenoxy) is 1. The van der Waals surface area contributed by atoms with E-state index in [0.29, 0.717) is 0 Å². The SMILES string of the molecule is CNC(=O)COc1ccc2c(c1)NCCC2. The lowest BCUT2D eigenvalue weighted by Crippen LogP contribution is -2.24. The normalized spacial score (nSPS) is 13.6. The molecule has 1 aliphatic rings. The average molecular weight is 220 g/mol. The van der Waals surface area contributed by atoms with Gasteiger partial charge in [0.2, 0.25) is 0 Å². The maximum Gasteiger partial charge on any atom is 0.257 e. The van der Waals surface area contributed by atoms with Gasteiger partial charge >= 0.3 is 0 Å². The fourth-order valence-corrected chi connectivity index (χ4v) is 1.75. The summed E-state index contributed by atoms with van der Waals surface area (Å²) in [4.78, 5) is 11.0. The monoisotopic (exact) mass is 220 g/mol. The molecule has 4 heteroatoms. The fourth-order valence-electron chi connectivity index (χ4n) is 1.75. The van der Waals surface area contributed by atoms with Gasteiger partial charge in [-0.3, -0.25) is 4.79 Å². The van der Waals surface area contributed by atoms with Crippen molar-refractivity contribution in [3.8, 4) is 5.75 Å². The molecule has 0 aromatic heterocycles. The van der Waals surface area contributed by atoms with Crippen molar-refractivity contribution in [3.63, 3.8) is 0 Å². The predicted octanol–water partition coefficient (Wildman–Crippen LogP) is 1.17. The zero-order valence-corrected chi connectivity index (χ0v) is 9.38. The van der Waals surface area contributed by atoms with E-state index in [4.69, 9.17) is 4.74 Å². The highest BCUT2D eigenvalue weighted by Gasteiger charge is 2.09. The number of amides is 1. The highest BCUT2D eigenvalue weighted by atomic mass is 16.5. The van der Waals surface area contributed by atoms with E-state index in [9.17, 15) is 4.79 Å². The number of benzene rings is 1. The van der Waals surface area contributed by atoms with E-state index in [1.807, 2.05) is 12.1 Å². The van der Waals surface area contributed by atoms with Gasteiger partial charge in [-0.15, -0.1) is 0 Å². The first kappa shape index (κ1) is 10.8. The highest BCUT2D eigenvalue weighted by molar-refractivity contribution is 5.77. The molecule has 0 aliphatic carbocycles. The summed E-state index contributed by atoms with van der Waals surface area (Å²) < 4.78 is 5.37. The summed E-state index contributed by atoms with van der Waals surface area (Å²) in [5, 5.41) is 5.84. The van der Waals surface area contributed by atoms with E-state index in [1.54, 1.807) is 7.05 Å². The maximum atomic E-state index is 11.0. The summed E-state index contributed by atoms with van der Waals surface area (Å²) in [5.41, 5.74) is 2.44. The van der Waals surface area contributed by atoms with E-state index < -0.39 is 0 Å². The van der Waals surface area contributed by atoms with Crippen LogP contribution in [-0.2, 0) is 11.2 Å². The van der Waals surface area contributed by atoms with Gasteiger partial charge in [-0.25, -0.2) is 0 Å². The van der Waals surface area contributed by atoms with Gasteiger partial charge in [0.1, 0.15) is 5.75 Å². The van der Waals surface area contributed by atoms with E-state index >= 15 is 0 Å². The summed E-state index contributed by atoms with van der Waals surface area (Å²) in [6.07, 6.45) is 2.28. The van der Waals surface area contributed by atoms with Gasteiger partial charge in [0, 0.05) is 25.3 Å². The van der Waals surface area contributed by atoms with Gasteiger partial charge in [0.15, 0.2) is 6.61 Å².